The molecule has 2 aromatic carbocycles. The summed E-state index contributed by atoms with van der Waals surface area (Å²) in [7, 11) is -4.16. The molecule has 202 valence electrons. The van der Waals surface area contributed by atoms with Crippen LogP contribution in [0.3, 0.4) is 0 Å². The molecule has 0 aliphatic carbocycles. The number of carboxylic acid groups (broad SMARTS) is 1. The number of sulfonamides is 1. The van der Waals surface area contributed by atoms with Gasteiger partial charge in [0.2, 0.25) is 10.0 Å². The van der Waals surface area contributed by atoms with Crippen molar-refractivity contribution in [1.29, 1.82) is 0 Å². The highest BCUT2D eigenvalue weighted by atomic mass is 35.5. The average molecular weight is 564 g/mol. The van der Waals surface area contributed by atoms with Crippen molar-refractivity contribution >= 4 is 44.7 Å². The van der Waals surface area contributed by atoms with Crippen molar-refractivity contribution < 1.29 is 27.5 Å². The molecule has 38 heavy (non-hydrogen) atoms. The van der Waals surface area contributed by atoms with Gasteiger partial charge in [0, 0.05) is 12.0 Å². The molecular weight excluding hydrogens is 538 g/mol. The Balaban J connectivity index is 1.46. The van der Waals surface area contributed by atoms with Crippen molar-refractivity contribution in [2.75, 3.05) is 30.4 Å². The first-order chi connectivity index (χ1) is 17.9. The lowest BCUT2D eigenvalue weighted by Crippen LogP contribution is -2.49. The smallest absolute Gasteiger partial charge is 0.322 e. The third kappa shape index (κ3) is 4.41. The maximum absolute atomic E-state index is 13.2. The highest BCUT2D eigenvalue weighted by Crippen LogP contribution is 2.43. The molecule has 0 spiro atoms. The van der Waals surface area contributed by atoms with Crippen LogP contribution >= 0.6 is 11.6 Å². The van der Waals surface area contributed by atoms with E-state index >= 15 is 0 Å². The molecule has 1 aromatic heterocycles. The monoisotopic (exact) mass is 563 g/mol. The van der Waals surface area contributed by atoms with E-state index in [0.717, 1.165) is 4.31 Å². The van der Waals surface area contributed by atoms with E-state index in [4.69, 9.17) is 20.8 Å². The second-order valence-corrected chi connectivity index (χ2v) is 12.3. The van der Waals surface area contributed by atoms with Gasteiger partial charge in [-0.3, -0.25) is 14.4 Å². The summed E-state index contributed by atoms with van der Waals surface area (Å²) in [5.74, 6) is 0.0497. The number of ether oxygens (including phenoxy) is 1. The Morgan fingerprint density at radius 1 is 1.18 bits per heavy atom. The summed E-state index contributed by atoms with van der Waals surface area (Å²) in [4.78, 5) is 36.5. The van der Waals surface area contributed by atoms with Crippen LogP contribution in [0.15, 0.2) is 49.2 Å². The molecule has 2 atom stereocenters. The van der Waals surface area contributed by atoms with Crippen LogP contribution in [0.25, 0.3) is 0 Å². The van der Waals surface area contributed by atoms with Crippen molar-refractivity contribution in [3.63, 3.8) is 0 Å². The lowest BCUT2D eigenvalue weighted by Gasteiger charge is -2.44. The first kappa shape index (κ1) is 26.4. The summed E-state index contributed by atoms with van der Waals surface area (Å²) < 4.78 is 38.6. The summed E-state index contributed by atoms with van der Waals surface area (Å²) in [5.41, 5.74) is -1.87. The number of halogens is 1. The summed E-state index contributed by atoms with van der Waals surface area (Å²) in [6, 6.07) is 5.80. The number of hydrogen-bond donors (Lipinski definition) is 3. The fraction of sp³-hybridized carbons (Fsp3) is 0.400. The minimum atomic E-state index is -4.16. The largest absolute Gasteiger partial charge is 0.480 e. The van der Waals surface area contributed by atoms with E-state index in [1.807, 2.05) is 6.92 Å². The first-order valence-electron chi connectivity index (χ1n) is 12.0. The lowest BCUT2D eigenvalue weighted by atomic mass is 9.79. The van der Waals surface area contributed by atoms with E-state index in [2.05, 4.69) is 10.6 Å². The summed E-state index contributed by atoms with van der Waals surface area (Å²) in [6.45, 7) is 4.68. The van der Waals surface area contributed by atoms with Crippen molar-refractivity contribution in [3.8, 4) is 0 Å². The Morgan fingerprint density at radius 3 is 2.50 bits per heavy atom. The van der Waals surface area contributed by atoms with E-state index in [1.165, 1.54) is 18.2 Å². The molecule has 5 rings (SSSR count). The highest BCUT2D eigenvalue weighted by molar-refractivity contribution is 7.89. The molecule has 2 aliphatic heterocycles. The molecule has 11 nitrogen and oxygen atoms in total. The second kappa shape index (κ2) is 9.53. The number of aliphatic carboxylic acids is 1. The Kier molecular flexibility index (Phi) is 6.62. The number of nitrogens with zero attached hydrogens (tertiary/aromatic N) is 1. The first-order valence-corrected chi connectivity index (χ1v) is 13.8. The van der Waals surface area contributed by atoms with Crippen LogP contribution in [0, 0.1) is 12.3 Å². The number of furan rings is 1. The van der Waals surface area contributed by atoms with Crippen LogP contribution in [-0.4, -0.2) is 49.6 Å². The van der Waals surface area contributed by atoms with E-state index in [1.54, 1.807) is 19.1 Å². The number of carbonyl (C=O) groups is 1. The molecule has 2 saturated heterocycles. The van der Waals surface area contributed by atoms with Crippen molar-refractivity contribution in [2.45, 2.75) is 43.7 Å². The van der Waals surface area contributed by atoms with Gasteiger partial charge in [0.25, 0.3) is 10.9 Å². The van der Waals surface area contributed by atoms with Crippen LogP contribution in [-0.2, 0) is 19.6 Å². The number of nitrogens with one attached hydrogen (secondary N) is 2. The van der Waals surface area contributed by atoms with Crippen molar-refractivity contribution in [1.82, 2.24) is 4.31 Å². The van der Waals surface area contributed by atoms with Gasteiger partial charge in [-0.1, -0.05) is 18.5 Å². The van der Waals surface area contributed by atoms with Gasteiger partial charge in [0.1, 0.15) is 28.9 Å². The zero-order chi connectivity index (χ0) is 27.4. The van der Waals surface area contributed by atoms with E-state index in [9.17, 15) is 27.9 Å². The van der Waals surface area contributed by atoms with E-state index < -0.39 is 44.3 Å². The molecule has 2 fully saturated rings. The van der Waals surface area contributed by atoms with Gasteiger partial charge < -0.3 is 24.9 Å². The quantitative estimate of drug-likeness (QED) is 0.331. The average Bonchev–Trinajstić information content (AvgIpc) is 3.53. The SMILES string of the molecule is Cc1ccc(C(Nc2c(Nc3cc(S(=O)(=O)N4CCCC4C(=O)O)ccc3Cl)c(=O)c2=O)C2(C)COC2)o1. The van der Waals surface area contributed by atoms with Gasteiger partial charge in [-0.05, 0) is 50.1 Å². The lowest BCUT2D eigenvalue weighted by molar-refractivity contribution is -0.140. The number of anilines is 3. The maximum Gasteiger partial charge on any atom is 0.322 e. The second-order valence-electron chi connectivity index (χ2n) is 9.96. The van der Waals surface area contributed by atoms with Gasteiger partial charge in [-0.15, -0.1) is 0 Å². The Bertz CT molecular complexity index is 1590. The molecule has 13 heteroatoms. The Morgan fingerprint density at radius 2 is 1.89 bits per heavy atom. The van der Waals surface area contributed by atoms with Crippen LogP contribution in [0.5, 0.6) is 0 Å². The molecule has 0 saturated carbocycles. The van der Waals surface area contributed by atoms with E-state index in [-0.39, 0.29) is 39.9 Å². The Labute approximate surface area is 223 Å². The molecule has 3 aromatic rings. The molecular formula is C25H26ClN3O8S. The zero-order valence-corrected chi connectivity index (χ0v) is 22.2. The topological polar surface area (TPSA) is 155 Å². The number of aryl methyl sites for hydroxylation is 1. The molecule has 2 aliphatic rings. The Hall–Kier alpha value is -3.19. The minimum Gasteiger partial charge on any atom is -0.480 e. The number of benzene rings is 1. The van der Waals surface area contributed by atoms with Crippen LogP contribution in [0.2, 0.25) is 5.02 Å². The van der Waals surface area contributed by atoms with E-state index in [0.29, 0.717) is 31.2 Å². The standard InChI is InChI=1S/C25H26ClN3O8S/c1-13-5-8-18(37-13)23(25(2)11-36-12-25)28-20-19(21(30)22(20)31)27-16-10-14(6-7-15(16)26)38(34,35)29-9-3-4-17(29)24(32)33/h5-8,10,17,23,27-28H,3-4,9,11-12H2,1-2H3,(H,32,33). The summed E-state index contributed by atoms with van der Waals surface area (Å²) in [5, 5.41) is 15.5. The molecule has 3 heterocycles. The highest BCUT2D eigenvalue weighted by Gasteiger charge is 2.45. The van der Waals surface area contributed by atoms with Gasteiger partial charge in [0.05, 0.1) is 34.9 Å². The van der Waals surface area contributed by atoms with Gasteiger partial charge >= 0.3 is 5.97 Å². The molecule has 0 radical (unpaired) electrons. The third-order valence-electron chi connectivity index (χ3n) is 7.10. The number of rotatable bonds is 9. The minimum absolute atomic E-state index is 0.0250. The van der Waals surface area contributed by atoms with Crippen LogP contribution < -0.4 is 21.5 Å². The predicted molar refractivity (Wildman–Crippen MR) is 139 cm³/mol. The summed E-state index contributed by atoms with van der Waals surface area (Å²) >= 11 is 6.31. The van der Waals surface area contributed by atoms with Gasteiger partial charge in [0.15, 0.2) is 0 Å². The zero-order valence-electron chi connectivity index (χ0n) is 20.6. The van der Waals surface area contributed by atoms with Crippen LogP contribution in [0.4, 0.5) is 17.1 Å². The van der Waals surface area contributed by atoms with Crippen molar-refractivity contribution in [3.05, 3.63) is 67.3 Å². The predicted octanol–water partition coefficient (Wildman–Crippen LogP) is 3.01. The number of carboxylic acids is 1. The summed E-state index contributed by atoms with van der Waals surface area (Å²) in [6.07, 6.45) is 0.639. The third-order valence-corrected chi connectivity index (χ3v) is 9.33. The number of hydrogen-bond acceptors (Lipinski definition) is 9. The van der Waals surface area contributed by atoms with Crippen LogP contribution in [0.1, 0.15) is 37.3 Å². The fourth-order valence-corrected chi connectivity index (χ4v) is 6.73. The molecule has 0 bridgehead atoms. The molecule has 3 N–H and O–H groups in total. The van der Waals surface area contributed by atoms with Gasteiger partial charge in [-0.2, -0.15) is 4.31 Å². The fourth-order valence-electron chi connectivity index (χ4n) is 4.89. The molecule has 0 amide bonds. The van der Waals surface area contributed by atoms with Gasteiger partial charge in [-0.25, -0.2) is 8.42 Å². The maximum atomic E-state index is 13.2. The normalized spacial score (nSPS) is 20.2. The molecule has 2 unspecified atom stereocenters. The van der Waals surface area contributed by atoms with Crippen molar-refractivity contribution in [2.24, 2.45) is 5.41 Å².